The number of nitrogens with zero attached hydrogens (tertiary/aromatic N) is 2. The second-order valence-electron chi connectivity index (χ2n) is 1.61. The van der Waals surface area contributed by atoms with Gasteiger partial charge in [-0.25, -0.2) is 5.53 Å². The van der Waals surface area contributed by atoms with Crippen molar-refractivity contribution in [3.05, 3.63) is 0 Å². The monoisotopic (exact) mass is 161 g/mol. The first kappa shape index (κ1) is 7.03. The Labute approximate surface area is 62.2 Å². The van der Waals surface area contributed by atoms with Gasteiger partial charge in [-0.05, 0) is 12.6 Å². The van der Waals surface area contributed by atoms with Crippen LogP contribution in [-0.2, 0) is 4.79 Å². The number of hydrazine groups is 2. The van der Waals surface area contributed by atoms with E-state index >= 15 is 0 Å². The van der Waals surface area contributed by atoms with Crippen molar-refractivity contribution in [1.82, 2.24) is 16.1 Å². The Kier molecular flexibility index (Phi) is 1.88. The Morgan fingerprint density at radius 2 is 2.60 bits per heavy atom. The number of carboxylic acid groups (broad SMARTS) is 1. The number of hydrogen-bond acceptors (Lipinski definition) is 5. The minimum absolute atomic E-state index is 0.191. The molecule has 1 rings (SSSR count). The van der Waals surface area contributed by atoms with Gasteiger partial charge in [0.1, 0.15) is 6.54 Å². The standard InChI is InChI=1S/C3H5N4O2S/c8-2(9)1-7-5-3(10)4-6-7/h6H,1H2,(H,4,5)(H,8,9). The molecule has 0 saturated carbocycles. The fraction of sp³-hybridized carbons (Fsp3) is 0.333. The van der Waals surface area contributed by atoms with E-state index in [2.05, 4.69) is 28.7 Å². The first-order valence-corrected chi connectivity index (χ1v) is 2.85. The van der Waals surface area contributed by atoms with Crippen LogP contribution in [0.2, 0.25) is 0 Å². The summed E-state index contributed by atoms with van der Waals surface area (Å²) in [6.07, 6.45) is 0. The van der Waals surface area contributed by atoms with Crippen LogP contribution in [0.15, 0.2) is 5.10 Å². The van der Waals surface area contributed by atoms with Crippen molar-refractivity contribution in [3.8, 4) is 0 Å². The van der Waals surface area contributed by atoms with Crippen molar-refractivity contribution >= 4 is 23.8 Å². The Morgan fingerprint density at radius 3 is 3.00 bits per heavy atom. The molecule has 6 nitrogen and oxygen atoms in total. The number of hydrazone groups is 1. The number of hydrogen-bond donors (Lipinski definition) is 3. The summed E-state index contributed by atoms with van der Waals surface area (Å²) in [5, 5.41) is 13.2. The van der Waals surface area contributed by atoms with Gasteiger partial charge < -0.3 is 5.11 Å². The first-order chi connectivity index (χ1) is 4.68. The van der Waals surface area contributed by atoms with Gasteiger partial charge in [0.25, 0.3) is 0 Å². The van der Waals surface area contributed by atoms with Crippen molar-refractivity contribution < 1.29 is 9.90 Å². The van der Waals surface area contributed by atoms with Crippen molar-refractivity contribution in [2.75, 3.05) is 6.54 Å². The SMILES string of the molecule is O=C(O)CN1NN=C([S])N1. The Bertz CT molecular complexity index is 181. The van der Waals surface area contributed by atoms with Crippen molar-refractivity contribution in [2.24, 2.45) is 5.10 Å². The second kappa shape index (κ2) is 2.67. The molecule has 0 aromatic rings. The fourth-order valence-corrected chi connectivity index (χ4v) is 0.632. The molecule has 0 spiro atoms. The van der Waals surface area contributed by atoms with Crippen LogP contribution in [0.25, 0.3) is 0 Å². The zero-order chi connectivity index (χ0) is 7.56. The van der Waals surface area contributed by atoms with Crippen LogP contribution in [-0.4, -0.2) is 27.9 Å². The normalized spacial score (nSPS) is 17.4. The van der Waals surface area contributed by atoms with E-state index < -0.39 is 5.97 Å². The number of aliphatic carboxylic acids is 1. The molecular weight excluding hydrogens is 156 g/mol. The van der Waals surface area contributed by atoms with E-state index in [4.69, 9.17) is 5.11 Å². The molecule has 10 heavy (non-hydrogen) atoms. The minimum Gasteiger partial charge on any atom is -0.480 e. The number of carboxylic acids is 1. The molecule has 0 aromatic heterocycles. The van der Waals surface area contributed by atoms with E-state index in [0.29, 0.717) is 0 Å². The molecule has 1 aliphatic rings. The minimum atomic E-state index is -0.958. The molecule has 1 radical (unpaired) electrons. The Balaban J connectivity index is 2.29. The molecule has 0 bridgehead atoms. The summed E-state index contributed by atoms with van der Waals surface area (Å²) in [6, 6.07) is 0. The lowest BCUT2D eigenvalue weighted by atomic mass is 10.7. The summed E-state index contributed by atoms with van der Waals surface area (Å²) in [5.41, 5.74) is 4.85. The van der Waals surface area contributed by atoms with E-state index in [1.165, 1.54) is 5.12 Å². The third-order valence-corrected chi connectivity index (χ3v) is 0.979. The largest absolute Gasteiger partial charge is 0.480 e. The van der Waals surface area contributed by atoms with E-state index in [-0.39, 0.29) is 11.7 Å². The van der Waals surface area contributed by atoms with E-state index in [9.17, 15) is 4.79 Å². The number of amidine groups is 1. The Morgan fingerprint density at radius 1 is 1.90 bits per heavy atom. The van der Waals surface area contributed by atoms with Gasteiger partial charge in [-0.1, -0.05) is 0 Å². The lowest BCUT2D eigenvalue weighted by molar-refractivity contribution is -0.139. The van der Waals surface area contributed by atoms with Gasteiger partial charge in [0.15, 0.2) is 0 Å². The molecule has 1 heterocycles. The van der Waals surface area contributed by atoms with Crippen molar-refractivity contribution in [2.45, 2.75) is 0 Å². The van der Waals surface area contributed by atoms with Crippen LogP contribution >= 0.6 is 12.6 Å². The van der Waals surface area contributed by atoms with Crippen LogP contribution in [0, 0.1) is 0 Å². The maximum Gasteiger partial charge on any atom is 0.321 e. The van der Waals surface area contributed by atoms with Gasteiger partial charge >= 0.3 is 5.97 Å². The summed E-state index contributed by atoms with van der Waals surface area (Å²) in [6.45, 7) is -0.191. The zero-order valence-electron chi connectivity index (χ0n) is 4.87. The quantitative estimate of drug-likeness (QED) is 0.477. The third-order valence-electron chi connectivity index (χ3n) is 0.796. The topological polar surface area (TPSA) is 77.0 Å². The molecule has 0 aromatic carbocycles. The second-order valence-corrected chi connectivity index (χ2v) is 2.00. The summed E-state index contributed by atoms with van der Waals surface area (Å²) < 4.78 is 0. The van der Waals surface area contributed by atoms with Gasteiger partial charge in [0.05, 0.1) is 0 Å². The average Bonchev–Trinajstić information content (AvgIpc) is 2.13. The predicted octanol–water partition coefficient (Wildman–Crippen LogP) is -1.14. The summed E-state index contributed by atoms with van der Waals surface area (Å²) >= 11 is 4.57. The van der Waals surface area contributed by atoms with Crippen molar-refractivity contribution in [3.63, 3.8) is 0 Å². The highest BCUT2D eigenvalue weighted by Crippen LogP contribution is 1.89. The molecule has 0 unspecified atom stereocenters. The number of rotatable bonds is 2. The molecule has 0 atom stereocenters. The molecule has 0 amide bonds. The van der Waals surface area contributed by atoms with Gasteiger partial charge in [-0.15, -0.1) is 10.2 Å². The maximum atomic E-state index is 10.1. The fourth-order valence-electron chi connectivity index (χ4n) is 0.481. The lowest BCUT2D eigenvalue weighted by Crippen LogP contribution is -2.43. The molecule has 0 fully saturated rings. The van der Waals surface area contributed by atoms with Crippen molar-refractivity contribution in [1.29, 1.82) is 0 Å². The van der Waals surface area contributed by atoms with E-state index in [0.717, 1.165) is 0 Å². The maximum absolute atomic E-state index is 10.1. The third kappa shape index (κ3) is 1.71. The van der Waals surface area contributed by atoms with Crippen LogP contribution in [0.4, 0.5) is 0 Å². The smallest absolute Gasteiger partial charge is 0.321 e. The van der Waals surface area contributed by atoms with Gasteiger partial charge in [-0.3, -0.25) is 10.2 Å². The summed E-state index contributed by atoms with van der Waals surface area (Å²) in [7, 11) is 0. The van der Waals surface area contributed by atoms with Crippen LogP contribution in [0.5, 0.6) is 0 Å². The lowest BCUT2D eigenvalue weighted by Gasteiger charge is -2.10. The predicted molar refractivity (Wildman–Crippen MR) is 35.6 cm³/mol. The van der Waals surface area contributed by atoms with Gasteiger partial charge in [0, 0.05) is 0 Å². The molecule has 55 valence electrons. The molecule has 3 N–H and O–H groups in total. The summed E-state index contributed by atoms with van der Waals surface area (Å²) in [4.78, 5) is 10.1. The average molecular weight is 161 g/mol. The number of nitrogens with one attached hydrogen (secondary N) is 2. The highest BCUT2D eigenvalue weighted by atomic mass is 32.1. The molecule has 7 heteroatoms. The van der Waals surface area contributed by atoms with Gasteiger partial charge in [0.2, 0.25) is 5.17 Å². The highest BCUT2D eigenvalue weighted by molar-refractivity contribution is 7.96. The molecule has 1 aliphatic heterocycles. The molecular formula is C3H5N4O2S. The van der Waals surface area contributed by atoms with Crippen LogP contribution < -0.4 is 11.0 Å². The van der Waals surface area contributed by atoms with Crippen LogP contribution in [0.1, 0.15) is 0 Å². The summed E-state index contributed by atoms with van der Waals surface area (Å²) in [5.74, 6) is -0.958. The van der Waals surface area contributed by atoms with Gasteiger partial charge in [-0.2, -0.15) is 0 Å². The van der Waals surface area contributed by atoms with E-state index in [1.807, 2.05) is 0 Å². The zero-order valence-corrected chi connectivity index (χ0v) is 5.68. The molecule has 0 saturated heterocycles. The van der Waals surface area contributed by atoms with Crippen LogP contribution in [0.3, 0.4) is 0 Å². The Hall–Kier alpha value is -1.08. The van der Waals surface area contributed by atoms with E-state index in [1.54, 1.807) is 0 Å². The first-order valence-electron chi connectivity index (χ1n) is 2.45. The molecule has 0 aliphatic carbocycles. The number of carbonyl (C=O) groups is 1. The highest BCUT2D eigenvalue weighted by Gasteiger charge is 2.14.